The van der Waals surface area contributed by atoms with Crippen molar-refractivity contribution in [2.45, 2.75) is 13.3 Å². The Bertz CT molecular complexity index is 1280. The van der Waals surface area contributed by atoms with Gasteiger partial charge < -0.3 is 10.1 Å². The first-order chi connectivity index (χ1) is 15.4. The summed E-state index contributed by atoms with van der Waals surface area (Å²) >= 11 is 6.00. The van der Waals surface area contributed by atoms with E-state index in [1.807, 2.05) is 37.0 Å². The lowest BCUT2D eigenvalue weighted by molar-refractivity contribution is 0.580. The van der Waals surface area contributed by atoms with E-state index in [2.05, 4.69) is 28.6 Å². The average molecular weight is 470 g/mol. The van der Waals surface area contributed by atoms with Crippen molar-refractivity contribution in [2.24, 2.45) is 0 Å². The van der Waals surface area contributed by atoms with E-state index in [1.54, 1.807) is 12.4 Å². The zero-order chi connectivity index (χ0) is 22.8. The zero-order valence-corrected chi connectivity index (χ0v) is 19.5. The van der Waals surface area contributed by atoms with Crippen LogP contribution in [0.2, 0.25) is 5.02 Å². The lowest BCUT2D eigenvalue weighted by Crippen LogP contribution is -2.02. The van der Waals surface area contributed by atoms with Crippen LogP contribution in [0.1, 0.15) is 24.5 Å². The normalized spacial score (nSPS) is 12.2. The van der Waals surface area contributed by atoms with Crippen molar-refractivity contribution in [3.05, 3.63) is 89.2 Å². The number of hydrogen-bond acceptors (Lipinski definition) is 2. The van der Waals surface area contributed by atoms with Crippen molar-refractivity contribution in [3.63, 3.8) is 0 Å². The van der Waals surface area contributed by atoms with Crippen LogP contribution < -0.4 is 5.09 Å². The smallest absolute Gasteiger partial charge is 0.157 e. The van der Waals surface area contributed by atoms with Crippen molar-refractivity contribution < 1.29 is 8.78 Å². The molecular weight excluding hydrogens is 447 g/mol. The minimum Gasteiger partial charge on any atom is -0.362 e. The molecule has 0 aliphatic heterocycles. The Morgan fingerprint density at radius 3 is 2.62 bits per heavy atom. The minimum atomic E-state index is -0.648. The molecular formula is C25H23ClF2N3P. The van der Waals surface area contributed by atoms with E-state index in [0.29, 0.717) is 21.9 Å². The third-order valence-corrected chi connectivity index (χ3v) is 7.29. The van der Waals surface area contributed by atoms with E-state index < -0.39 is 19.7 Å². The Labute approximate surface area is 192 Å². The molecule has 32 heavy (non-hydrogen) atoms. The Balaban J connectivity index is 1.75. The van der Waals surface area contributed by atoms with E-state index in [9.17, 15) is 4.39 Å². The molecule has 2 N–H and O–H groups in total. The van der Waals surface area contributed by atoms with Crippen LogP contribution in [0.4, 0.5) is 14.5 Å². The molecule has 1 atom stereocenters. The molecule has 0 aliphatic carbocycles. The molecule has 2 aromatic heterocycles. The number of aromatic amines is 1. The number of benzene rings is 2. The summed E-state index contributed by atoms with van der Waals surface area (Å²) in [6.07, 6.45) is 5.38. The van der Waals surface area contributed by atoms with Crippen molar-refractivity contribution >= 4 is 42.0 Å². The monoisotopic (exact) mass is 469 g/mol. The van der Waals surface area contributed by atoms with Gasteiger partial charge in [-0.05, 0) is 62.4 Å². The summed E-state index contributed by atoms with van der Waals surface area (Å²) in [7, 11) is -0.588. The maximum atomic E-state index is 15.4. The van der Waals surface area contributed by atoms with Crippen LogP contribution in [-0.2, 0) is 0 Å². The molecule has 3 nitrogen and oxygen atoms in total. The molecule has 0 aliphatic rings. The Hall–Kier alpha value is -2.75. The molecule has 2 aromatic carbocycles. The second kappa shape index (κ2) is 9.40. The minimum absolute atomic E-state index is 0.132. The van der Waals surface area contributed by atoms with Crippen LogP contribution in [0.25, 0.3) is 27.7 Å². The molecule has 0 fully saturated rings. The Kier molecular flexibility index (Phi) is 6.59. The molecule has 4 rings (SSSR count). The second-order valence-corrected chi connectivity index (χ2v) is 10.1. The first-order valence-electron chi connectivity index (χ1n) is 10.3. The van der Waals surface area contributed by atoms with E-state index in [4.69, 9.17) is 11.6 Å². The summed E-state index contributed by atoms with van der Waals surface area (Å²) in [5.74, 6) is -1.28. The van der Waals surface area contributed by atoms with E-state index >= 15 is 4.39 Å². The van der Waals surface area contributed by atoms with E-state index in [0.717, 1.165) is 29.1 Å². The summed E-state index contributed by atoms with van der Waals surface area (Å²) in [6.45, 7) is 8.17. The fourth-order valence-corrected chi connectivity index (χ4v) is 5.19. The third kappa shape index (κ3) is 4.41. The Morgan fingerprint density at radius 2 is 1.91 bits per heavy atom. The van der Waals surface area contributed by atoms with Gasteiger partial charge in [0.1, 0.15) is 11.5 Å². The summed E-state index contributed by atoms with van der Waals surface area (Å²) in [6, 6.07) is 12.1. The molecule has 4 aromatic rings. The fraction of sp³-hybridized carbons (Fsp3) is 0.160. The number of anilines is 1. The lowest BCUT2D eigenvalue weighted by Gasteiger charge is -2.17. The highest BCUT2D eigenvalue weighted by Gasteiger charge is 2.21. The molecule has 164 valence electrons. The number of pyridine rings is 1. The maximum absolute atomic E-state index is 15.4. The van der Waals surface area contributed by atoms with E-state index in [-0.39, 0.29) is 11.1 Å². The predicted octanol–water partition coefficient (Wildman–Crippen LogP) is 8.07. The molecule has 0 spiro atoms. The first kappa shape index (κ1) is 22.4. The highest BCUT2D eigenvalue weighted by atomic mass is 35.5. The zero-order valence-electron chi connectivity index (χ0n) is 17.8. The molecule has 1 unspecified atom stereocenters. The summed E-state index contributed by atoms with van der Waals surface area (Å²) in [4.78, 5) is 7.55. The van der Waals surface area contributed by atoms with Gasteiger partial charge in [-0.3, -0.25) is 0 Å². The molecule has 7 heteroatoms. The lowest BCUT2D eigenvalue weighted by atomic mass is 9.97. The maximum Gasteiger partial charge on any atom is 0.157 e. The van der Waals surface area contributed by atoms with Crippen LogP contribution in [-0.4, -0.2) is 22.8 Å². The number of aromatic nitrogens is 2. The average Bonchev–Trinajstić information content (AvgIpc) is 3.20. The summed E-state index contributed by atoms with van der Waals surface area (Å²) in [5.41, 5.74) is 3.46. The van der Waals surface area contributed by atoms with Crippen LogP contribution in [0.3, 0.4) is 0 Å². The van der Waals surface area contributed by atoms with Crippen molar-refractivity contribution in [2.75, 3.05) is 17.9 Å². The number of halogens is 3. The summed E-state index contributed by atoms with van der Waals surface area (Å²) < 4.78 is 30.1. The quantitative estimate of drug-likeness (QED) is 0.269. The largest absolute Gasteiger partial charge is 0.362 e. The van der Waals surface area contributed by atoms with Gasteiger partial charge in [-0.1, -0.05) is 43.7 Å². The number of nitrogens with one attached hydrogen (secondary N) is 2. The van der Waals surface area contributed by atoms with E-state index in [1.165, 1.54) is 12.1 Å². The molecule has 0 saturated carbocycles. The van der Waals surface area contributed by atoms with Crippen LogP contribution in [0.5, 0.6) is 0 Å². The van der Waals surface area contributed by atoms with Crippen LogP contribution in [0, 0.1) is 11.6 Å². The van der Waals surface area contributed by atoms with Gasteiger partial charge >= 0.3 is 0 Å². The van der Waals surface area contributed by atoms with Gasteiger partial charge in [-0.25, -0.2) is 13.8 Å². The summed E-state index contributed by atoms with van der Waals surface area (Å²) in [5, 5.41) is 4.59. The fourth-order valence-electron chi connectivity index (χ4n) is 3.70. The molecule has 0 radical (unpaired) electrons. The second-order valence-electron chi connectivity index (χ2n) is 7.63. The Morgan fingerprint density at radius 1 is 1.16 bits per heavy atom. The van der Waals surface area contributed by atoms with Crippen LogP contribution in [0.15, 0.2) is 61.4 Å². The van der Waals surface area contributed by atoms with Gasteiger partial charge in [0.05, 0.1) is 11.3 Å². The number of fused-ring (bicyclic) bond motifs is 1. The number of rotatable bonds is 7. The highest BCUT2D eigenvalue weighted by Crippen LogP contribution is 2.38. The molecule has 0 bridgehead atoms. The standard InChI is InChI=1S/C25H23ClF2N3P/c1-4-11-32(3)31-22-10-9-21(27)23(24(22)28)15(2)20-14-30-25-19(20)12-17(13-29-25)16-5-7-18(26)8-6-16/h5-10,12-14,31H,2,4,11H2,1,3H3,(H,29,30). The SMILES string of the molecule is C=C(c1c(F)ccc(NP(C)CCC)c1F)c1c[nH]c2ncc(-c3ccc(Cl)cc3)cc12. The molecule has 2 heterocycles. The van der Waals surface area contributed by atoms with Crippen LogP contribution >= 0.6 is 19.7 Å². The third-order valence-electron chi connectivity index (χ3n) is 5.30. The van der Waals surface area contributed by atoms with Gasteiger partial charge in [-0.15, -0.1) is 0 Å². The van der Waals surface area contributed by atoms with Gasteiger partial charge in [0.2, 0.25) is 0 Å². The van der Waals surface area contributed by atoms with Gasteiger partial charge in [0, 0.05) is 33.9 Å². The van der Waals surface area contributed by atoms with Gasteiger partial charge in [0.15, 0.2) is 5.82 Å². The van der Waals surface area contributed by atoms with Crippen molar-refractivity contribution in [3.8, 4) is 11.1 Å². The highest BCUT2D eigenvalue weighted by molar-refractivity contribution is 7.58. The topological polar surface area (TPSA) is 40.7 Å². The van der Waals surface area contributed by atoms with Gasteiger partial charge in [0.25, 0.3) is 0 Å². The number of H-pyrrole nitrogens is 1. The first-order valence-corrected chi connectivity index (χ1v) is 12.6. The number of nitrogens with zero attached hydrogens (tertiary/aromatic N) is 1. The molecule has 0 saturated heterocycles. The molecule has 0 amide bonds. The van der Waals surface area contributed by atoms with Crippen molar-refractivity contribution in [1.29, 1.82) is 0 Å². The number of hydrogen-bond donors (Lipinski definition) is 2. The predicted molar refractivity (Wildman–Crippen MR) is 133 cm³/mol. The van der Waals surface area contributed by atoms with Gasteiger partial charge in [-0.2, -0.15) is 0 Å². The van der Waals surface area contributed by atoms with Crippen molar-refractivity contribution in [1.82, 2.24) is 9.97 Å².